The molecule has 3 aromatic carbocycles. The molecule has 0 heterocycles. The number of hydrogen-bond acceptors (Lipinski definition) is 3. The first-order chi connectivity index (χ1) is 14.0. The van der Waals surface area contributed by atoms with Gasteiger partial charge in [-0.25, -0.2) is 0 Å². The SMILES string of the molecule is CCOC(=O)CCC1(CCC(=O)O)c2ccccc2-c2cc3ccccc3cc21. The van der Waals surface area contributed by atoms with Crippen LogP contribution in [0.4, 0.5) is 0 Å². The smallest absolute Gasteiger partial charge is 0.305 e. The molecule has 0 aromatic heterocycles. The van der Waals surface area contributed by atoms with Gasteiger partial charge in [-0.15, -0.1) is 0 Å². The molecule has 1 unspecified atom stereocenters. The van der Waals surface area contributed by atoms with Crippen LogP contribution in [-0.4, -0.2) is 23.7 Å². The first-order valence-electron chi connectivity index (χ1n) is 10.1. The Hall–Kier alpha value is -3.14. The summed E-state index contributed by atoms with van der Waals surface area (Å²) in [5.41, 5.74) is 3.97. The molecule has 4 heteroatoms. The Balaban J connectivity index is 1.89. The lowest BCUT2D eigenvalue weighted by atomic mass is 9.71. The van der Waals surface area contributed by atoms with Crippen LogP contribution in [0.2, 0.25) is 0 Å². The first kappa shape index (κ1) is 19.2. The molecule has 0 bridgehead atoms. The van der Waals surface area contributed by atoms with Gasteiger partial charge in [0.15, 0.2) is 0 Å². The van der Waals surface area contributed by atoms with Gasteiger partial charge in [0.1, 0.15) is 0 Å². The molecular weight excluding hydrogens is 364 g/mol. The predicted molar refractivity (Wildman–Crippen MR) is 113 cm³/mol. The van der Waals surface area contributed by atoms with E-state index in [1.54, 1.807) is 6.92 Å². The molecule has 4 nitrogen and oxygen atoms in total. The Morgan fingerprint density at radius 2 is 1.52 bits per heavy atom. The number of carbonyl (C=O) groups excluding carboxylic acids is 1. The van der Waals surface area contributed by atoms with Crippen LogP contribution >= 0.6 is 0 Å². The lowest BCUT2D eigenvalue weighted by molar-refractivity contribution is -0.143. The number of carbonyl (C=O) groups is 2. The highest BCUT2D eigenvalue weighted by Gasteiger charge is 2.43. The molecule has 29 heavy (non-hydrogen) atoms. The third-order valence-corrected chi connectivity index (χ3v) is 5.96. The maximum atomic E-state index is 12.2. The molecule has 0 amide bonds. The maximum Gasteiger partial charge on any atom is 0.305 e. The van der Waals surface area contributed by atoms with Gasteiger partial charge < -0.3 is 9.84 Å². The van der Waals surface area contributed by atoms with Crippen LogP contribution in [0.1, 0.15) is 43.7 Å². The van der Waals surface area contributed by atoms with Crippen molar-refractivity contribution in [3.63, 3.8) is 0 Å². The normalized spacial score (nSPS) is 17.0. The van der Waals surface area contributed by atoms with Crippen molar-refractivity contribution in [2.24, 2.45) is 0 Å². The minimum atomic E-state index is -0.827. The zero-order valence-electron chi connectivity index (χ0n) is 16.5. The molecule has 1 aliphatic carbocycles. The van der Waals surface area contributed by atoms with Crippen LogP contribution in [0, 0.1) is 0 Å². The fourth-order valence-electron chi connectivity index (χ4n) is 4.67. The van der Waals surface area contributed by atoms with Crippen molar-refractivity contribution < 1.29 is 19.4 Å². The summed E-state index contributed by atoms with van der Waals surface area (Å²) in [6.45, 7) is 2.14. The molecule has 0 fully saturated rings. The Bertz CT molecular complexity index is 1090. The molecule has 1 N–H and O–H groups in total. The summed E-state index contributed by atoms with van der Waals surface area (Å²) >= 11 is 0. The molecule has 0 saturated carbocycles. The standard InChI is InChI=1S/C25H24O4/c1-2-29-24(28)12-14-25(13-11-23(26)27)21-10-6-5-9-19(21)20-15-17-7-3-4-8-18(17)16-22(20)25/h3-10,15-16H,2,11-14H2,1H3,(H,26,27). The van der Waals surface area contributed by atoms with E-state index < -0.39 is 11.4 Å². The third-order valence-electron chi connectivity index (χ3n) is 5.96. The zero-order chi connectivity index (χ0) is 20.4. The first-order valence-corrected chi connectivity index (χ1v) is 10.1. The Labute approximate surface area is 170 Å². The topological polar surface area (TPSA) is 63.6 Å². The monoisotopic (exact) mass is 388 g/mol. The van der Waals surface area contributed by atoms with E-state index in [1.165, 1.54) is 0 Å². The minimum Gasteiger partial charge on any atom is -0.481 e. The van der Waals surface area contributed by atoms with E-state index in [9.17, 15) is 14.7 Å². The lowest BCUT2D eigenvalue weighted by Crippen LogP contribution is -2.28. The van der Waals surface area contributed by atoms with Crippen LogP contribution in [-0.2, 0) is 19.7 Å². The molecule has 4 rings (SSSR count). The van der Waals surface area contributed by atoms with Crippen molar-refractivity contribution in [1.82, 2.24) is 0 Å². The number of benzene rings is 3. The van der Waals surface area contributed by atoms with E-state index in [2.05, 4.69) is 36.4 Å². The summed E-state index contributed by atoms with van der Waals surface area (Å²) in [5.74, 6) is -1.07. The summed E-state index contributed by atoms with van der Waals surface area (Å²) in [5, 5.41) is 11.7. The average Bonchev–Trinajstić information content (AvgIpc) is 2.99. The summed E-state index contributed by atoms with van der Waals surface area (Å²) in [6.07, 6.45) is 1.28. The van der Waals surface area contributed by atoms with Gasteiger partial charge in [-0.2, -0.15) is 0 Å². The van der Waals surface area contributed by atoms with Gasteiger partial charge in [-0.1, -0.05) is 48.5 Å². The van der Waals surface area contributed by atoms with Crippen LogP contribution in [0.3, 0.4) is 0 Å². The second-order valence-electron chi connectivity index (χ2n) is 7.57. The number of carboxylic acids is 1. The van der Waals surface area contributed by atoms with Crippen LogP contribution in [0.5, 0.6) is 0 Å². The summed E-state index contributed by atoms with van der Waals surface area (Å²) < 4.78 is 5.16. The largest absolute Gasteiger partial charge is 0.481 e. The van der Waals surface area contributed by atoms with E-state index in [-0.39, 0.29) is 18.8 Å². The Kier molecular flexibility index (Phi) is 5.10. The molecule has 0 aliphatic heterocycles. The number of carboxylic acid groups (broad SMARTS) is 1. The molecule has 0 saturated heterocycles. The molecule has 148 valence electrons. The number of hydrogen-bond donors (Lipinski definition) is 1. The minimum absolute atomic E-state index is 0.0451. The van der Waals surface area contributed by atoms with Gasteiger partial charge >= 0.3 is 11.9 Å². The highest BCUT2D eigenvalue weighted by Crippen LogP contribution is 2.54. The molecule has 1 aliphatic rings. The molecule has 3 aromatic rings. The third kappa shape index (κ3) is 3.39. The number of aliphatic carboxylic acids is 1. The van der Waals surface area contributed by atoms with Crippen molar-refractivity contribution in [3.05, 3.63) is 71.8 Å². The van der Waals surface area contributed by atoms with E-state index in [0.717, 1.165) is 33.0 Å². The van der Waals surface area contributed by atoms with Gasteiger partial charge in [0, 0.05) is 18.3 Å². The number of ether oxygens (including phenoxy) is 1. The maximum absolute atomic E-state index is 12.2. The number of rotatable bonds is 7. The van der Waals surface area contributed by atoms with Crippen LogP contribution < -0.4 is 0 Å². The predicted octanol–water partition coefficient (Wildman–Crippen LogP) is 5.31. The van der Waals surface area contributed by atoms with Gasteiger partial charge in [-0.3, -0.25) is 9.59 Å². The fraction of sp³-hybridized carbons (Fsp3) is 0.280. The van der Waals surface area contributed by atoms with E-state index in [0.29, 0.717) is 19.4 Å². The quantitative estimate of drug-likeness (QED) is 0.557. The van der Waals surface area contributed by atoms with Crippen LogP contribution in [0.25, 0.3) is 21.9 Å². The summed E-state index contributed by atoms with van der Waals surface area (Å²) in [6, 6.07) is 20.7. The van der Waals surface area contributed by atoms with Crippen molar-refractivity contribution in [1.29, 1.82) is 0 Å². The highest BCUT2D eigenvalue weighted by atomic mass is 16.5. The van der Waals surface area contributed by atoms with Gasteiger partial charge in [0.05, 0.1) is 6.61 Å². The van der Waals surface area contributed by atoms with Crippen molar-refractivity contribution in [2.75, 3.05) is 6.61 Å². The second-order valence-corrected chi connectivity index (χ2v) is 7.57. The Morgan fingerprint density at radius 1 is 0.862 bits per heavy atom. The van der Waals surface area contributed by atoms with E-state index in [1.807, 2.05) is 24.3 Å². The Morgan fingerprint density at radius 3 is 2.24 bits per heavy atom. The molecule has 1 atom stereocenters. The lowest BCUT2D eigenvalue weighted by Gasteiger charge is -2.32. The molecule has 0 spiro atoms. The van der Waals surface area contributed by atoms with E-state index in [4.69, 9.17) is 4.74 Å². The van der Waals surface area contributed by atoms with Gasteiger partial charge in [-0.05, 0) is 64.9 Å². The van der Waals surface area contributed by atoms with Crippen molar-refractivity contribution in [3.8, 4) is 11.1 Å². The average molecular weight is 388 g/mol. The number of esters is 1. The van der Waals surface area contributed by atoms with Crippen molar-refractivity contribution in [2.45, 2.75) is 38.0 Å². The zero-order valence-corrected chi connectivity index (χ0v) is 16.5. The van der Waals surface area contributed by atoms with E-state index >= 15 is 0 Å². The second kappa shape index (κ2) is 7.70. The van der Waals surface area contributed by atoms with Crippen molar-refractivity contribution >= 4 is 22.7 Å². The van der Waals surface area contributed by atoms with Gasteiger partial charge in [0.2, 0.25) is 0 Å². The molecular formula is C25H24O4. The summed E-state index contributed by atoms with van der Waals surface area (Å²) in [7, 11) is 0. The fourth-order valence-corrected chi connectivity index (χ4v) is 4.67. The summed E-state index contributed by atoms with van der Waals surface area (Å²) in [4.78, 5) is 23.7. The van der Waals surface area contributed by atoms with Gasteiger partial charge in [0.25, 0.3) is 0 Å². The highest BCUT2D eigenvalue weighted by molar-refractivity contribution is 5.93. The van der Waals surface area contributed by atoms with Crippen LogP contribution in [0.15, 0.2) is 60.7 Å². The number of fused-ring (bicyclic) bond motifs is 4. The molecule has 0 radical (unpaired) electrons.